The lowest BCUT2D eigenvalue weighted by atomic mass is 10.1. The topological polar surface area (TPSA) is 78.9 Å². The number of allylic oxidation sites excluding steroid dienone is 12. The third-order valence-corrected chi connectivity index (χ3v) is 13.9. The zero-order valence-electron chi connectivity index (χ0n) is 49.1. The molecule has 0 aromatic heterocycles. The largest absolute Gasteiger partial charge is 0.462 e. The van der Waals surface area contributed by atoms with Crippen LogP contribution in [0, 0.1) is 0 Å². The second-order valence-corrected chi connectivity index (χ2v) is 21.3. The monoisotopic (exact) mass is 1030 g/mol. The molecule has 0 aliphatic heterocycles. The van der Waals surface area contributed by atoms with E-state index in [2.05, 4.69) is 93.7 Å². The van der Waals surface area contributed by atoms with Gasteiger partial charge in [0.25, 0.3) is 0 Å². The molecule has 0 aromatic carbocycles. The molecule has 74 heavy (non-hydrogen) atoms. The van der Waals surface area contributed by atoms with Crippen molar-refractivity contribution in [2.75, 3.05) is 13.2 Å². The third-order valence-electron chi connectivity index (χ3n) is 13.9. The predicted octanol–water partition coefficient (Wildman–Crippen LogP) is 21.7. The van der Waals surface area contributed by atoms with E-state index >= 15 is 0 Å². The van der Waals surface area contributed by atoms with Gasteiger partial charge in [0.05, 0.1) is 0 Å². The van der Waals surface area contributed by atoms with Gasteiger partial charge in [0.1, 0.15) is 13.2 Å². The lowest BCUT2D eigenvalue weighted by Crippen LogP contribution is -2.30. The van der Waals surface area contributed by atoms with Crippen LogP contribution >= 0.6 is 0 Å². The second kappa shape index (κ2) is 62.4. The highest BCUT2D eigenvalue weighted by Gasteiger charge is 2.19. The molecule has 0 amide bonds. The number of ether oxygens (including phenoxy) is 3. The van der Waals surface area contributed by atoms with Crippen LogP contribution in [0.3, 0.4) is 0 Å². The van der Waals surface area contributed by atoms with E-state index in [9.17, 15) is 14.4 Å². The van der Waals surface area contributed by atoms with Crippen LogP contribution in [-0.4, -0.2) is 37.2 Å². The molecule has 6 heteroatoms. The summed E-state index contributed by atoms with van der Waals surface area (Å²) in [4.78, 5) is 38.3. The fourth-order valence-corrected chi connectivity index (χ4v) is 9.13. The highest BCUT2D eigenvalue weighted by Crippen LogP contribution is 2.16. The molecule has 0 heterocycles. The normalized spacial score (nSPS) is 12.5. The summed E-state index contributed by atoms with van der Waals surface area (Å²) < 4.78 is 16.9. The van der Waals surface area contributed by atoms with Crippen LogP contribution in [-0.2, 0) is 28.6 Å². The molecule has 0 saturated carbocycles. The highest BCUT2D eigenvalue weighted by molar-refractivity contribution is 5.71. The van der Waals surface area contributed by atoms with Crippen LogP contribution in [0.1, 0.15) is 323 Å². The first-order valence-electron chi connectivity index (χ1n) is 31.9. The van der Waals surface area contributed by atoms with Gasteiger partial charge in [0.15, 0.2) is 6.10 Å². The first-order chi connectivity index (χ1) is 36.5. The van der Waals surface area contributed by atoms with E-state index in [1.807, 2.05) is 0 Å². The third kappa shape index (κ3) is 59.7. The molecule has 0 aliphatic carbocycles. The van der Waals surface area contributed by atoms with Crippen molar-refractivity contribution in [3.8, 4) is 0 Å². The SMILES string of the molecule is CC/C=C\C/C=C\C/C=C\C/C=C\CCCCCCC(=O)OCC(COC(=O)CCCCCCCCCCC/C=C\CCCCCCCCCC)OC(=O)CCCCCCCCC/C=C\CCCCCCCCC. The minimum atomic E-state index is -0.790. The van der Waals surface area contributed by atoms with Crippen molar-refractivity contribution in [1.82, 2.24) is 0 Å². The van der Waals surface area contributed by atoms with E-state index in [1.54, 1.807) is 0 Å². The molecule has 0 saturated heterocycles. The summed E-state index contributed by atoms with van der Waals surface area (Å²) in [5.74, 6) is -0.901. The minimum Gasteiger partial charge on any atom is -0.462 e. The summed E-state index contributed by atoms with van der Waals surface area (Å²) in [7, 11) is 0. The summed E-state index contributed by atoms with van der Waals surface area (Å²) in [6.07, 6.45) is 80.5. The van der Waals surface area contributed by atoms with E-state index in [4.69, 9.17) is 14.2 Å². The molecular formula is C68H120O6. The number of esters is 3. The standard InChI is InChI=1S/C68H120O6/c1-4-7-10-13-16-19-22-25-28-31-33-34-35-38-40-43-46-49-52-55-58-61-67(70)73-64-65(63-72-66(69)60-57-54-51-48-45-42-39-36-30-27-24-21-18-15-12-9-6-3)74-68(71)62-59-56-53-50-47-44-41-37-32-29-26-23-20-17-14-11-8-5-2/h9,12,18,21,27,29-33,39,42,65H,4-8,10-11,13-17,19-20,22-26,28,34-38,40-41,43-64H2,1-3H3/b12-9-,21-18-,30-27-,32-29-,33-31-,42-39-. The van der Waals surface area contributed by atoms with Crippen molar-refractivity contribution < 1.29 is 28.6 Å². The van der Waals surface area contributed by atoms with E-state index in [0.717, 1.165) is 96.3 Å². The smallest absolute Gasteiger partial charge is 0.306 e. The first kappa shape index (κ1) is 70.8. The van der Waals surface area contributed by atoms with Gasteiger partial charge >= 0.3 is 17.9 Å². The van der Waals surface area contributed by atoms with Crippen LogP contribution in [0.2, 0.25) is 0 Å². The van der Waals surface area contributed by atoms with Crippen LogP contribution < -0.4 is 0 Å². The predicted molar refractivity (Wildman–Crippen MR) is 321 cm³/mol. The molecule has 1 atom stereocenters. The summed E-state index contributed by atoms with van der Waals surface area (Å²) in [6.45, 7) is 6.54. The number of carbonyl (C=O) groups is 3. The van der Waals surface area contributed by atoms with Crippen LogP contribution in [0.5, 0.6) is 0 Å². The van der Waals surface area contributed by atoms with E-state index in [0.29, 0.717) is 19.3 Å². The maximum Gasteiger partial charge on any atom is 0.306 e. The molecule has 0 radical (unpaired) electrons. The number of hydrogen-bond donors (Lipinski definition) is 0. The van der Waals surface area contributed by atoms with Gasteiger partial charge in [-0.3, -0.25) is 14.4 Å². The number of unbranched alkanes of at least 4 members (excludes halogenated alkanes) is 35. The zero-order valence-corrected chi connectivity index (χ0v) is 49.1. The molecule has 0 aromatic rings. The summed E-state index contributed by atoms with van der Waals surface area (Å²) in [6, 6.07) is 0. The van der Waals surface area contributed by atoms with Crippen molar-refractivity contribution in [2.24, 2.45) is 0 Å². The van der Waals surface area contributed by atoms with Gasteiger partial charge in [-0.25, -0.2) is 0 Å². The van der Waals surface area contributed by atoms with Crippen molar-refractivity contribution in [3.05, 3.63) is 72.9 Å². The maximum absolute atomic E-state index is 12.9. The van der Waals surface area contributed by atoms with Crippen LogP contribution in [0.4, 0.5) is 0 Å². The fraction of sp³-hybridized carbons (Fsp3) is 0.779. The second-order valence-electron chi connectivity index (χ2n) is 21.3. The van der Waals surface area contributed by atoms with Crippen molar-refractivity contribution in [3.63, 3.8) is 0 Å². The van der Waals surface area contributed by atoms with E-state index in [-0.39, 0.29) is 31.1 Å². The average molecular weight is 1030 g/mol. The number of carbonyl (C=O) groups excluding carboxylic acids is 3. The van der Waals surface area contributed by atoms with E-state index < -0.39 is 6.10 Å². The van der Waals surface area contributed by atoms with Gasteiger partial charge in [-0.05, 0) is 109 Å². The molecule has 428 valence electrons. The van der Waals surface area contributed by atoms with Crippen LogP contribution in [0.25, 0.3) is 0 Å². The zero-order chi connectivity index (χ0) is 53.6. The molecule has 1 unspecified atom stereocenters. The molecule has 0 rings (SSSR count). The molecule has 0 N–H and O–H groups in total. The number of hydrogen-bond acceptors (Lipinski definition) is 6. The Hall–Kier alpha value is -3.15. The molecule has 0 spiro atoms. The fourth-order valence-electron chi connectivity index (χ4n) is 9.13. The van der Waals surface area contributed by atoms with Gasteiger partial charge in [-0.2, -0.15) is 0 Å². The Morgan fingerprint density at radius 3 is 0.838 bits per heavy atom. The Bertz CT molecular complexity index is 1370. The van der Waals surface area contributed by atoms with Crippen LogP contribution in [0.15, 0.2) is 72.9 Å². The highest BCUT2D eigenvalue weighted by atomic mass is 16.6. The Morgan fingerprint density at radius 2 is 0.527 bits per heavy atom. The average Bonchev–Trinajstić information content (AvgIpc) is 3.40. The molecule has 0 fully saturated rings. The lowest BCUT2D eigenvalue weighted by Gasteiger charge is -2.18. The Morgan fingerprint density at radius 1 is 0.284 bits per heavy atom. The van der Waals surface area contributed by atoms with Crippen molar-refractivity contribution >= 4 is 17.9 Å². The molecule has 0 bridgehead atoms. The molecular weight excluding hydrogens is 913 g/mol. The quantitative estimate of drug-likeness (QED) is 0.0261. The van der Waals surface area contributed by atoms with Gasteiger partial charge in [0.2, 0.25) is 0 Å². The van der Waals surface area contributed by atoms with Gasteiger partial charge < -0.3 is 14.2 Å². The molecule has 0 aliphatic rings. The number of rotatable bonds is 58. The Balaban J connectivity index is 4.39. The minimum absolute atomic E-state index is 0.0848. The van der Waals surface area contributed by atoms with Gasteiger partial charge in [-0.1, -0.05) is 267 Å². The Labute approximate surface area is 459 Å². The summed E-state index contributed by atoms with van der Waals surface area (Å²) >= 11 is 0. The maximum atomic E-state index is 12.9. The summed E-state index contributed by atoms with van der Waals surface area (Å²) in [5.41, 5.74) is 0. The lowest BCUT2D eigenvalue weighted by molar-refractivity contribution is -0.167. The van der Waals surface area contributed by atoms with E-state index in [1.165, 1.54) is 186 Å². The Kier molecular flexibility index (Phi) is 59.7. The van der Waals surface area contributed by atoms with Gasteiger partial charge in [-0.15, -0.1) is 0 Å². The summed E-state index contributed by atoms with van der Waals surface area (Å²) in [5, 5.41) is 0. The first-order valence-corrected chi connectivity index (χ1v) is 31.9. The van der Waals surface area contributed by atoms with Gasteiger partial charge in [0, 0.05) is 19.3 Å². The molecule has 6 nitrogen and oxygen atoms in total. The van der Waals surface area contributed by atoms with Crippen molar-refractivity contribution in [1.29, 1.82) is 0 Å². The van der Waals surface area contributed by atoms with Crippen molar-refractivity contribution in [2.45, 2.75) is 329 Å².